The normalized spacial score (nSPS) is 24.7. The van der Waals surface area contributed by atoms with E-state index in [2.05, 4.69) is 12.2 Å². The molecular formula is C29H23NO4. The Hall–Kier alpha value is -3.99. The molecule has 34 heavy (non-hydrogen) atoms. The van der Waals surface area contributed by atoms with Crippen molar-refractivity contribution in [1.82, 2.24) is 0 Å². The molecule has 0 spiro atoms. The van der Waals surface area contributed by atoms with Crippen molar-refractivity contribution in [2.24, 2.45) is 23.7 Å². The van der Waals surface area contributed by atoms with Gasteiger partial charge in [0.15, 0.2) is 0 Å². The van der Waals surface area contributed by atoms with E-state index in [-0.39, 0.29) is 35.5 Å². The molecular weight excluding hydrogens is 426 g/mol. The number of imide groups is 1. The van der Waals surface area contributed by atoms with Crippen LogP contribution in [0.25, 0.3) is 0 Å². The number of anilines is 1. The zero-order valence-electron chi connectivity index (χ0n) is 18.4. The average Bonchev–Trinajstić information content (AvgIpc) is 3.55. The molecule has 0 aromatic heterocycles. The Morgan fingerprint density at radius 1 is 0.735 bits per heavy atom. The lowest BCUT2D eigenvalue weighted by atomic mass is 9.85. The summed E-state index contributed by atoms with van der Waals surface area (Å²) in [7, 11) is 0. The molecule has 0 unspecified atom stereocenters. The van der Waals surface area contributed by atoms with E-state index in [0.717, 1.165) is 17.5 Å². The molecule has 0 N–H and O–H groups in total. The number of rotatable bonds is 5. The molecule has 1 aliphatic heterocycles. The van der Waals surface area contributed by atoms with Gasteiger partial charge in [-0.1, -0.05) is 72.8 Å². The van der Waals surface area contributed by atoms with E-state index in [4.69, 9.17) is 4.74 Å². The summed E-state index contributed by atoms with van der Waals surface area (Å²) in [4.78, 5) is 40.6. The third-order valence-corrected chi connectivity index (χ3v) is 7.29. The third kappa shape index (κ3) is 3.27. The number of hydrogen-bond donors (Lipinski definition) is 0. The summed E-state index contributed by atoms with van der Waals surface area (Å²) < 4.78 is 5.74. The van der Waals surface area contributed by atoms with E-state index in [0.29, 0.717) is 11.4 Å². The fraction of sp³-hybridized carbons (Fsp3) is 0.207. The SMILES string of the molecule is O=C(Oc1ccc(N2C(=O)[C@H]3[C@H](C2=O)[C@H]2C=C[C@H]3C2)cc1)C(c1ccccc1)c1ccccc1. The second kappa shape index (κ2) is 8.10. The second-order valence-corrected chi connectivity index (χ2v) is 9.18. The third-order valence-electron chi connectivity index (χ3n) is 7.29. The predicted octanol–water partition coefficient (Wildman–Crippen LogP) is 4.74. The van der Waals surface area contributed by atoms with Gasteiger partial charge in [0, 0.05) is 0 Å². The van der Waals surface area contributed by atoms with Crippen LogP contribution in [0.4, 0.5) is 5.69 Å². The zero-order valence-corrected chi connectivity index (χ0v) is 18.4. The minimum absolute atomic E-state index is 0.121. The summed E-state index contributed by atoms with van der Waals surface area (Å²) in [5, 5.41) is 0. The Kier molecular flexibility index (Phi) is 4.91. The molecule has 3 aliphatic rings. The van der Waals surface area contributed by atoms with Crippen LogP contribution in [0.2, 0.25) is 0 Å². The molecule has 5 nitrogen and oxygen atoms in total. The lowest BCUT2D eigenvalue weighted by molar-refractivity contribution is -0.135. The van der Waals surface area contributed by atoms with Crippen LogP contribution in [-0.4, -0.2) is 17.8 Å². The number of carbonyl (C=O) groups excluding carboxylic acids is 3. The lowest BCUT2D eigenvalue weighted by Gasteiger charge is -2.19. The smallest absolute Gasteiger partial charge is 0.323 e. The number of hydrogen-bond acceptors (Lipinski definition) is 4. The van der Waals surface area contributed by atoms with Crippen LogP contribution < -0.4 is 9.64 Å². The molecule has 1 saturated heterocycles. The molecule has 0 radical (unpaired) electrons. The minimum Gasteiger partial charge on any atom is -0.426 e. The number of esters is 1. The number of benzene rings is 3. The summed E-state index contributed by atoms with van der Waals surface area (Å²) in [5.41, 5.74) is 2.21. The molecule has 2 fully saturated rings. The average molecular weight is 450 g/mol. The summed E-state index contributed by atoms with van der Waals surface area (Å²) in [6, 6.07) is 25.7. The summed E-state index contributed by atoms with van der Waals surface area (Å²) in [6.45, 7) is 0. The van der Waals surface area contributed by atoms with Crippen LogP contribution in [0.3, 0.4) is 0 Å². The van der Waals surface area contributed by atoms with Crippen LogP contribution in [0, 0.1) is 23.7 Å². The van der Waals surface area contributed by atoms with E-state index in [1.54, 1.807) is 24.3 Å². The maximum absolute atomic E-state index is 13.2. The first-order chi connectivity index (χ1) is 16.6. The molecule has 2 aliphatic carbocycles. The number of amides is 2. The van der Waals surface area contributed by atoms with Gasteiger partial charge in [0.25, 0.3) is 0 Å². The fourth-order valence-corrected chi connectivity index (χ4v) is 5.75. The molecule has 1 heterocycles. The highest BCUT2D eigenvalue weighted by molar-refractivity contribution is 6.22. The van der Waals surface area contributed by atoms with Crippen LogP contribution >= 0.6 is 0 Å². The van der Waals surface area contributed by atoms with Crippen molar-refractivity contribution in [2.75, 3.05) is 4.90 Å². The van der Waals surface area contributed by atoms with Gasteiger partial charge < -0.3 is 4.74 Å². The van der Waals surface area contributed by atoms with Gasteiger partial charge >= 0.3 is 5.97 Å². The van der Waals surface area contributed by atoms with Gasteiger partial charge in [-0.05, 0) is 53.6 Å². The predicted molar refractivity (Wildman–Crippen MR) is 127 cm³/mol. The molecule has 3 aromatic carbocycles. The number of nitrogens with zero attached hydrogens (tertiary/aromatic N) is 1. The Morgan fingerprint density at radius 3 is 1.74 bits per heavy atom. The van der Waals surface area contributed by atoms with Crippen LogP contribution in [0.1, 0.15) is 23.5 Å². The zero-order chi connectivity index (χ0) is 23.2. The molecule has 4 atom stereocenters. The first kappa shape index (κ1) is 20.6. The Bertz CT molecular complexity index is 1210. The number of carbonyl (C=O) groups is 3. The van der Waals surface area contributed by atoms with Crippen molar-refractivity contribution in [3.05, 3.63) is 108 Å². The highest BCUT2D eigenvalue weighted by atomic mass is 16.5. The van der Waals surface area contributed by atoms with Crippen LogP contribution in [-0.2, 0) is 14.4 Å². The maximum Gasteiger partial charge on any atom is 0.323 e. The molecule has 6 rings (SSSR count). The molecule has 5 heteroatoms. The molecule has 2 amide bonds. The Labute approximate surface area is 197 Å². The number of fused-ring (bicyclic) bond motifs is 5. The molecule has 168 valence electrons. The first-order valence-electron chi connectivity index (χ1n) is 11.6. The van der Waals surface area contributed by atoms with Crippen molar-refractivity contribution in [2.45, 2.75) is 12.3 Å². The fourth-order valence-electron chi connectivity index (χ4n) is 5.75. The van der Waals surface area contributed by atoms with Crippen molar-refractivity contribution < 1.29 is 19.1 Å². The van der Waals surface area contributed by atoms with E-state index >= 15 is 0 Å². The largest absolute Gasteiger partial charge is 0.426 e. The summed E-state index contributed by atoms with van der Waals surface area (Å²) in [5.74, 6) is -0.965. The van der Waals surface area contributed by atoms with Gasteiger partial charge in [0.1, 0.15) is 11.7 Å². The highest BCUT2D eigenvalue weighted by Gasteiger charge is 2.59. The summed E-state index contributed by atoms with van der Waals surface area (Å²) >= 11 is 0. The van der Waals surface area contributed by atoms with E-state index in [1.807, 2.05) is 60.7 Å². The molecule has 1 saturated carbocycles. The van der Waals surface area contributed by atoms with Crippen molar-refractivity contribution in [1.29, 1.82) is 0 Å². The van der Waals surface area contributed by atoms with E-state index in [9.17, 15) is 14.4 Å². The van der Waals surface area contributed by atoms with Gasteiger partial charge in [-0.25, -0.2) is 0 Å². The van der Waals surface area contributed by atoms with Crippen molar-refractivity contribution in [3.63, 3.8) is 0 Å². The lowest BCUT2D eigenvalue weighted by Crippen LogP contribution is -2.32. The maximum atomic E-state index is 13.2. The Balaban J connectivity index is 1.22. The van der Waals surface area contributed by atoms with Gasteiger partial charge in [-0.15, -0.1) is 0 Å². The molecule has 3 aromatic rings. The van der Waals surface area contributed by atoms with E-state index < -0.39 is 11.9 Å². The van der Waals surface area contributed by atoms with Crippen molar-refractivity contribution in [3.8, 4) is 5.75 Å². The van der Waals surface area contributed by atoms with Crippen molar-refractivity contribution >= 4 is 23.5 Å². The first-order valence-corrected chi connectivity index (χ1v) is 11.6. The van der Waals surface area contributed by atoms with Crippen LogP contribution in [0.15, 0.2) is 97.1 Å². The highest BCUT2D eigenvalue weighted by Crippen LogP contribution is 2.53. The van der Waals surface area contributed by atoms with Gasteiger partial charge in [-0.2, -0.15) is 0 Å². The number of allylic oxidation sites excluding steroid dienone is 2. The van der Waals surface area contributed by atoms with Crippen LogP contribution in [0.5, 0.6) is 5.75 Å². The topological polar surface area (TPSA) is 63.7 Å². The van der Waals surface area contributed by atoms with Gasteiger partial charge in [0.05, 0.1) is 17.5 Å². The molecule has 2 bridgehead atoms. The quantitative estimate of drug-likeness (QED) is 0.244. The van der Waals surface area contributed by atoms with Gasteiger partial charge in [0.2, 0.25) is 11.8 Å². The minimum atomic E-state index is -0.564. The summed E-state index contributed by atoms with van der Waals surface area (Å²) in [6.07, 6.45) is 5.07. The standard InChI is InChI=1S/C29H23NO4/c31-27-25-20-11-12-21(17-20)26(25)28(32)30(27)22-13-15-23(16-14-22)34-29(33)24(18-7-3-1-4-8-18)19-9-5-2-6-10-19/h1-16,20-21,24-26H,17H2/t20-,21-,25+,26+/m0/s1. The second-order valence-electron chi connectivity index (χ2n) is 9.18. The van der Waals surface area contributed by atoms with Gasteiger partial charge in [-0.3, -0.25) is 19.3 Å². The monoisotopic (exact) mass is 449 g/mol. The number of ether oxygens (including phenoxy) is 1. The van der Waals surface area contributed by atoms with E-state index in [1.165, 1.54) is 4.90 Å². The Morgan fingerprint density at radius 2 is 1.24 bits per heavy atom.